The van der Waals surface area contributed by atoms with Gasteiger partial charge in [-0.05, 0) is 74.0 Å². The highest BCUT2D eigenvalue weighted by molar-refractivity contribution is 7.92. The largest absolute Gasteiger partial charge is 0.508 e. The molecule has 30 heavy (non-hydrogen) atoms. The van der Waals surface area contributed by atoms with Gasteiger partial charge in [0.15, 0.2) is 15.0 Å². The molecule has 6 nitrogen and oxygen atoms in total. The van der Waals surface area contributed by atoms with Crippen molar-refractivity contribution in [1.29, 1.82) is 0 Å². The first kappa shape index (κ1) is 20.6. The van der Waals surface area contributed by atoms with Gasteiger partial charge in [0.2, 0.25) is 0 Å². The standard InChI is InChI=1S/C22H23N3O3S2/c26-18-6-1-16(2-7-18)3-8-19-15-24-22(29-19)25-17-4-9-20(10-5-17)30(27,28)21-11-13-23-14-12-21/h1-10,15,21,23,26H,11-14H2,(H,24,25). The first-order valence-corrected chi connectivity index (χ1v) is 12.1. The number of nitrogens with one attached hydrogen (secondary N) is 2. The van der Waals surface area contributed by atoms with Crippen LogP contribution in [0.2, 0.25) is 0 Å². The van der Waals surface area contributed by atoms with Crippen LogP contribution in [0.1, 0.15) is 23.3 Å². The van der Waals surface area contributed by atoms with Crippen molar-refractivity contribution < 1.29 is 13.5 Å². The van der Waals surface area contributed by atoms with E-state index in [-0.39, 0.29) is 11.0 Å². The average Bonchev–Trinajstić information content (AvgIpc) is 3.22. The molecule has 3 aromatic rings. The van der Waals surface area contributed by atoms with Gasteiger partial charge in [0.05, 0.1) is 10.1 Å². The molecule has 2 heterocycles. The van der Waals surface area contributed by atoms with Gasteiger partial charge in [-0.2, -0.15) is 0 Å². The van der Waals surface area contributed by atoms with Crippen molar-refractivity contribution in [1.82, 2.24) is 10.3 Å². The van der Waals surface area contributed by atoms with Crippen LogP contribution in [-0.4, -0.2) is 36.8 Å². The molecule has 8 heteroatoms. The van der Waals surface area contributed by atoms with E-state index in [4.69, 9.17) is 0 Å². The summed E-state index contributed by atoms with van der Waals surface area (Å²) in [6.07, 6.45) is 7.00. The summed E-state index contributed by atoms with van der Waals surface area (Å²) in [7, 11) is -3.29. The molecule has 0 radical (unpaired) electrons. The van der Waals surface area contributed by atoms with Gasteiger partial charge in [0, 0.05) is 16.8 Å². The number of aromatic hydroxyl groups is 1. The van der Waals surface area contributed by atoms with E-state index in [9.17, 15) is 13.5 Å². The number of aromatic nitrogens is 1. The summed E-state index contributed by atoms with van der Waals surface area (Å²) in [5, 5.41) is 16.2. The van der Waals surface area contributed by atoms with Crippen molar-refractivity contribution in [2.45, 2.75) is 23.0 Å². The quantitative estimate of drug-likeness (QED) is 0.529. The van der Waals surface area contributed by atoms with Gasteiger partial charge in [-0.15, -0.1) is 0 Å². The predicted octanol–water partition coefficient (Wildman–Crippen LogP) is 4.29. The van der Waals surface area contributed by atoms with E-state index in [2.05, 4.69) is 15.6 Å². The van der Waals surface area contributed by atoms with Crippen molar-refractivity contribution >= 4 is 44.1 Å². The van der Waals surface area contributed by atoms with Gasteiger partial charge >= 0.3 is 0 Å². The Labute approximate surface area is 180 Å². The fraction of sp³-hybridized carbons (Fsp3) is 0.227. The van der Waals surface area contributed by atoms with E-state index in [1.54, 1.807) is 42.6 Å². The number of thiazole rings is 1. The second-order valence-electron chi connectivity index (χ2n) is 7.14. The molecule has 0 aliphatic carbocycles. The van der Waals surface area contributed by atoms with Crippen molar-refractivity contribution in [2.75, 3.05) is 18.4 Å². The molecule has 156 valence electrons. The van der Waals surface area contributed by atoms with Crippen LogP contribution < -0.4 is 10.6 Å². The Balaban J connectivity index is 1.41. The molecule has 4 rings (SSSR count). The van der Waals surface area contributed by atoms with E-state index < -0.39 is 9.84 Å². The van der Waals surface area contributed by atoms with Crippen LogP contribution in [0.3, 0.4) is 0 Å². The van der Waals surface area contributed by atoms with E-state index in [1.807, 2.05) is 24.3 Å². The maximum Gasteiger partial charge on any atom is 0.187 e. The van der Waals surface area contributed by atoms with Gasteiger partial charge in [0.25, 0.3) is 0 Å². The highest BCUT2D eigenvalue weighted by Crippen LogP contribution is 2.27. The lowest BCUT2D eigenvalue weighted by atomic mass is 10.2. The lowest BCUT2D eigenvalue weighted by molar-refractivity contribution is 0.475. The highest BCUT2D eigenvalue weighted by atomic mass is 32.2. The third-order valence-corrected chi connectivity index (χ3v) is 8.17. The molecule has 2 aromatic carbocycles. The topological polar surface area (TPSA) is 91.3 Å². The lowest BCUT2D eigenvalue weighted by Crippen LogP contribution is -2.35. The van der Waals surface area contributed by atoms with Crippen molar-refractivity contribution in [3.8, 4) is 5.75 Å². The van der Waals surface area contributed by atoms with Gasteiger partial charge < -0.3 is 15.7 Å². The zero-order valence-corrected chi connectivity index (χ0v) is 17.9. The van der Waals surface area contributed by atoms with Crippen LogP contribution in [0, 0.1) is 0 Å². The van der Waals surface area contributed by atoms with E-state index in [0.717, 1.165) is 34.3 Å². The molecule has 1 saturated heterocycles. The second kappa shape index (κ2) is 8.99. The Morgan fingerprint density at radius 2 is 1.73 bits per heavy atom. The fourth-order valence-electron chi connectivity index (χ4n) is 3.33. The smallest absolute Gasteiger partial charge is 0.187 e. The maximum atomic E-state index is 12.8. The van der Waals surface area contributed by atoms with Crippen LogP contribution in [0.5, 0.6) is 5.75 Å². The van der Waals surface area contributed by atoms with Gasteiger partial charge in [-0.3, -0.25) is 0 Å². The molecule has 0 unspecified atom stereocenters. The third-order valence-electron chi connectivity index (χ3n) is 5.02. The summed E-state index contributed by atoms with van der Waals surface area (Å²) in [5.74, 6) is 0.242. The fourth-order valence-corrected chi connectivity index (χ4v) is 5.83. The number of anilines is 2. The highest BCUT2D eigenvalue weighted by Gasteiger charge is 2.28. The second-order valence-corrected chi connectivity index (χ2v) is 10.4. The molecule has 3 N–H and O–H groups in total. The maximum absolute atomic E-state index is 12.8. The average molecular weight is 442 g/mol. The van der Waals surface area contributed by atoms with Gasteiger partial charge in [0.1, 0.15) is 5.75 Å². The SMILES string of the molecule is O=S(=O)(c1ccc(Nc2ncc(C=Cc3ccc(O)cc3)s2)cc1)C1CCNCC1. The Morgan fingerprint density at radius 1 is 1.03 bits per heavy atom. The van der Waals surface area contributed by atoms with Gasteiger partial charge in [-0.25, -0.2) is 13.4 Å². The predicted molar refractivity (Wildman–Crippen MR) is 122 cm³/mol. The van der Waals surface area contributed by atoms with Gasteiger partial charge in [-0.1, -0.05) is 29.5 Å². The monoisotopic (exact) mass is 441 g/mol. The molecule has 0 spiro atoms. The summed E-state index contributed by atoms with van der Waals surface area (Å²) in [5.41, 5.74) is 1.78. The molecule has 0 amide bonds. The summed E-state index contributed by atoms with van der Waals surface area (Å²) >= 11 is 1.50. The van der Waals surface area contributed by atoms with Crippen LogP contribution >= 0.6 is 11.3 Å². The number of rotatable bonds is 6. The van der Waals surface area contributed by atoms with Crippen LogP contribution in [0.4, 0.5) is 10.8 Å². The molecular formula is C22H23N3O3S2. The number of hydrogen-bond acceptors (Lipinski definition) is 7. The number of nitrogens with zero attached hydrogens (tertiary/aromatic N) is 1. The van der Waals surface area contributed by atoms with E-state index in [0.29, 0.717) is 17.7 Å². The molecule has 1 aliphatic rings. The minimum absolute atomic E-state index is 0.242. The number of sulfone groups is 1. The number of benzene rings is 2. The van der Waals surface area contributed by atoms with E-state index in [1.165, 1.54) is 11.3 Å². The zero-order chi connectivity index (χ0) is 21.0. The number of hydrogen-bond donors (Lipinski definition) is 3. The summed E-state index contributed by atoms with van der Waals surface area (Å²) in [6.45, 7) is 1.49. The Kier molecular flexibility index (Phi) is 6.17. The Morgan fingerprint density at radius 3 is 2.43 bits per heavy atom. The molecule has 1 aliphatic heterocycles. The molecule has 0 saturated carbocycles. The first-order chi connectivity index (χ1) is 14.5. The molecule has 1 aromatic heterocycles. The Hall–Kier alpha value is -2.68. The van der Waals surface area contributed by atoms with E-state index >= 15 is 0 Å². The third kappa shape index (κ3) is 4.89. The minimum Gasteiger partial charge on any atom is -0.508 e. The van der Waals surface area contributed by atoms with Crippen LogP contribution in [0.25, 0.3) is 12.2 Å². The summed E-state index contributed by atoms with van der Waals surface area (Å²) in [4.78, 5) is 5.73. The zero-order valence-electron chi connectivity index (χ0n) is 16.3. The molecule has 0 atom stereocenters. The number of phenols is 1. The van der Waals surface area contributed by atoms with Crippen molar-refractivity contribution in [3.63, 3.8) is 0 Å². The summed E-state index contributed by atoms with van der Waals surface area (Å²) in [6, 6.07) is 13.9. The Bertz CT molecular complexity index is 1120. The molecule has 0 bridgehead atoms. The lowest BCUT2D eigenvalue weighted by Gasteiger charge is -2.22. The molecular weight excluding hydrogens is 418 g/mol. The van der Waals surface area contributed by atoms with Crippen molar-refractivity contribution in [2.24, 2.45) is 0 Å². The first-order valence-electron chi connectivity index (χ1n) is 9.75. The van der Waals surface area contributed by atoms with Crippen molar-refractivity contribution in [3.05, 3.63) is 65.2 Å². The molecule has 1 fully saturated rings. The summed E-state index contributed by atoms with van der Waals surface area (Å²) < 4.78 is 25.6. The van der Waals surface area contributed by atoms with Crippen LogP contribution in [0.15, 0.2) is 59.6 Å². The number of piperidine rings is 1. The van der Waals surface area contributed by atoms with Crippen LogP contribution in [-0.2, 0) is 9.84 Å². The minimum atomic E-state index is -3.29. The normalized spacial score (nSPS) is 15.5. The number of phenolic OH excluding ortho intramolecular Hbond substituents is 1.